The van der Waals surface area contributed by atoms with Gasteiger partial charge in [-0.1, -0.05) is 32.0 Å². The number of para-hydroxylation sites is 1. The van der Waals surface area contributed by atoms with E-state index in [9.17, 15) is 4.79 Å². The molecular formula is C14H17NO. The van der Waals surface area contributed by atoms with E-state index in [1.54, 1.807) is 6.08 Å². The number of carbonyl (C=O) groups is 1. The minimum Gasteiger partial charge on any atom is -0.344 e. The smallest absolute Gasteiger partial charge is 0.144 e. The number of nitrogens with zero attached hydrogens (tertiary/aromatic N) is 1. The van der Waals surface area contributed by atoms with Crippen molar-refractivity contribution in [1.82, 2.24) is 0 Å². The number of hydrogen-bond acceptors (Lipinski definition) is 2. The normalized spacial score (nSPS) is 19.9. The zero-order valence-electron chi connectivity index (χ0n) is 10.0. The summed E-state index contributed by atoms with van der Waals surface area (Å²) in [7, 11) is 0. The van der Waals surface area contributed by atoms with E-state index in [1.165, 1.54) is 11.3 Å². The Bertz CT molecular complexity index is 446. The maximum Gasteiger partial charge on any atom is 0.144 e. The molecule has 0 saturated carbocycles. The van der Waals surface area contributed by atoms with E-state index >= 15 is 0 Å². The van der Waals surface area contributed by atoms with Crippen LogP contribution in [0.1, 0.15) is 26.3 Å². The second-order valence-electron chi connectivity index (χ2n) is 4.57. The molecule has 1 aliphatic rings. The molecule has 0 fully saturated rings. The Balaban J connectivity index is 2.64. The van der Waals surface area contributed by atoms with Crippen LogP contribution in [0.15, 0.2) is 36.0 Å². The van der Waals surface area contributed by atoms with Gasteiger partial charge in [-0.15, -0.1) is 0 Å². The van der Waals surface area contributed by atoms with Crippen LogP contribution < -0.4 is 4.90 Å². The molecule has 0 aromatic heterocycles. The molecule has 1 aromatic carbocycles. The minimum absolute atomic E-state index is 0.0759. The molecule has 0 spiro atoms. The van der Waals surface area contributed by atoms with Gasteiger partial charge in [0, 0.05) is 23.3 Å². The van der Waals surface area contributed by atoms with Crippen LogP contribution in [0, 0.1) is 0 Å². The van der Waals surface area contributed by atoms with Crippen LogP contribution in [-0.4, -0.2) is 12.8 Å². The van der Waals surface area contributed by atoms with Gasteiger partial charge < -0.3 is 4.90 Å². The van der Waals surface area contributed by atoms with Crippen molar-refractivity contribution in [3.05, 3.63) is 41.6 Å². The zero-order chi connectivity index (χ0) is 11.8. The molecule has 0 saturated heterocycles. The van der Waals surface area contributed by atoms with E-state index in [4.69, 9.17) is 0 Å². The largest absolute Gasteiger partial charge is 0.344 e. The zero-order valence-corrected chi connectivity index (χ0v) is 10.0. The number of likely N-dealkylation sites (N-methyl/N-ethyl adjacent to an activating group) is 1. The standard InChI is InChI=1S/C14H17NO/c1-4-15-12-8-6-5-7-11(12)14(2,3)13(15)9-10-16/h5-10H,4H2,1-3H3/b13-9-. The summed E-state index contributed by atoms with van der Waals surface area (Å²) in [6.07, 6.45) is 2.56. The lowest BCUT2D eigenvalue weighted by atomic mass is 9.84. The van der Waals surface area contributed by atoms with E-state index in [0.29, 0.717) is 0 Å². The van der Waals surface area contributed by atoms with Crippen molar-refractivity contribution < 1.29 is 4.79 Å². The number of hydrogen-bond donors (Lipinski definition) is 0. The predicted molar refractivity (Wildman–Crippen MR) is 66.6 cm³/mol. The summed E-state index contributed by atoms with van der Waals surface area (Å²) >= 11 is 0. The molecule has 0 radical (unpaired) electrons. The molecule has 0 N–H and O–H groups in total. The van der Waals surface area contributed by atoms with Crippen LogP contribution >= 0.6 is 0 Å². The molecule has 16 heavy (non-hydrogen) atoms. The van der Waals surface area contributed by atoms with Gasteiger partial charge in [0.2, 0.25) is 0 Å². The topological polar surface area (TPSA) is 20.3 Å². The monoisotopic (exact) mass is 215 g/mol. The average Bonchev–Trinajstić information content (AvgIpc) is 2.49. The van der Waals surface area contributed by atoms with Crippen molar-refractivity contribution in [2.24, 2.45) is 0 Å². The van der Waals surface area contributed by atoms with Crippen LogP contribution in [0.3, 0.4) is 0 Å². The van der Waals surface area contributed by atoms with Gasteiger partial charge >= 0.3 is 0 Å². The predicted octanol–water partition coefficient (Wildman–Crippen LogP) is 2.89. The number of fused-ring (bicyclic) bond motifs is 1. The summed E-state index contributed by atoms with van der Waals surface area (Å²) in [6.45, 7) is 7.32. The molecule has 1 aliphatic heterocycles. The third-order valence-electron chi connectivity index (χ3n) is 3.34. The summed E-state index contributed by atoms with van der Waals surface area (Å²) in [6, 6.07) is 8.36. The lowest BCUT2D eigenvalue weighted by Crippen LogP contribution is -2.26. The third-order valence-corrected chi connectivity index (χ3v) is 3.34. The number of rotatable bonds is 2. The van der Waals surface area contributed by atoms with Crippen molar-refractivity contribution in [3.63, 3.8) is 0 Å². The first-order valence-corrected chi connectivity index (χ1v) is 5.66. The quantitative estimate of drug-likeness (QED) is 0.558. The van der Waals surface area contributed by atoms with Crippen LogP contribution in [0.25, 0.3) is 0 Å². The van der Waals surface area contributed by atoms with Crippen molar-refractivity contribution in [1.29, 1.82) is 0 Å². The fourth-order valence-electron chi connectivity index (χ4n) is 2.55. The van der Waals surface area contributed by atoms with Crippen molar-refractivity contribution >= 4 is 12.0 Å². The van der Waals surface area contributed by atoms with Gasteiger partial charge in [0.15, 0.2) is 0 Å². The highest BCUT2D eigenvalue weighted by molar-refractivity contribution is 5.76. The molecule has 0 bridgehead atoms. The van der Waals surface area contributed by atoms with Gasteiger partial charge in [0.25, 0.3) is 0 Å². The molecule has 0 unspecified atom stereocenters. The molecule has 2 rings (SSSR count). The summed E-state index contributed by atoms with van der Waals surface area (Å²) in [4.78, 5) is 13.0. The van der Waals surface area contributed by atoms with Crippen LogP contribution in [0.2, 0.25) is 0 Å². The summed E-state index contributed by atoms with van der Waals surface area (Å²) < 4.78 is 0. The maximum absolute atomic E-state index is 10.8. The third kappa shape index (κ3) is 1.37. The van der Waals surface area contributed by atoms with Gasteiger partial charge in [0.1, 0.15) is 6.29 Å². The number of anilines is 1. The first-order valence-electron chi connectivity index (χ1n) is 5.66. The Morgan fingerprint density at radius 2 is 2.00 bits per heavy atom. The van der Waals surface area contributed by atoms with Crippen molar-refractivity contribution in [3.8, 4) is 0 Å². The molecule has 84 valence electrons. The van der Waals surface area contributed by atoms with Gasteiger partial charge in [0.05, 0.1) is 0 Å². The van der Waals surface area contributed by atoms with Crippen LogP contribution in [0.5, 0.6) is 0 Å². The number of carbonyl (C=O) groups excluding carboxylic acids is 1. The Hall–Kier alpha value is -1.57. The second-order valence-corrected chi connectivity index (χ2v) is 4.57. The highest BCUT2D eigenvalue weighted by Gasteiger charge is 2.38. The van der Waals surface area contributed by atoms with E-state index in [0.717, 1.165) is 18.5 Å². The summed E-state index contributed by atoms with van der Waals surface area (Å²) in [5.74, 6) is 0. The fraction of sp³-hybridized carbons (Fsp3) is 0.357. The molecule has 1 heterocycles. The van der Waals surface area contributed by atoms with E-state index in [-0.39, 0.29) is 5.41 Å². The average molecular weight is 215 g/mol. The molecular weight excluding hydrogens is 198 g/mol. The van der Waals surface area contributed by atoms with Crippen molar-refractivity contribution in [2.45, 2.75) is 26.2 Å². The summed E-state index contributed by atoms with van der Waals surface area (Å²) in [5.41, 5.74) is 3.53. The Labute approximate surface area is 96.6 Å². The minimum atomic E-state index is -0.0759. The van der Waals surface area contributed by atoms with Gasteiger partial charge in [-0.2, -0.15) is 0 Å². The summed E-state index contributed by atoms with van der Waals surface area (Å²) in [5, 5.41) is 0. The Morgan fingerprint density at radius 3 is 2.62 bits per heavy atom. The molecule has 2 nitrogen and oxygen atoms in total. The Kier molecular flexibility index (Phi) is 2.58. The van der Waals surface area contributed by atoms with E-state index < -0.39 is 0 Å². The number of aldehydes is 1. The number of benzene rings is 1. The second kappa shape index (κ2) is 3.78. The van der Waals surface area contributed by atoms with Crippen LogP contribution in [0.4, 0.5) is 5.69 Å². The Morgan fingerprint density at radius 1 is 1.31 bits per heavy atom. The molecule has 2 heteroatoms. The molecule has 0 amide bonds. The molecule has 0 aliphatic carbocycles. The van der Waals surface area contributed by atoms with Crippen LogP contribution in [-0.2, 0) is 10.2 Å². The maximum atomic E-state index is 10.8. The van der Waals surface area contributed by atoms with Gasteiger partial charge in [-0.25, -0.2) is 0 Å². The SMILES string of the molecule is CCN1/C(=C\C=O)C(C)(C)c2ccccc21. The number of allylic oxidation sites excluding steroid dienone is 2. The van der Waals surface area contributed by atoms with Gasteiger partial charge in [-0.3, -0.25) is 4.79 Å². The molecule has 0 atom stereocenters. The highest BCUT2D eigenvalue weighted by Crippen LogP contribution is 2.46. The lowest BCUT2D eigenvalue weighted by molar-refractivity contribution is -0.104. The van der Waals surface area contributed by atoms with E-state index in [1.807, 2.05) is 6.07 Å². The lowest BCUT2D eigenvalue weighted by Gasteiger charge is -2.25. The first kappa shape index (κ1) is 10.9. The highest BCUT2D eigenvalue weighted by atomic mass is 16.1. The first-order chi connectivity index (χ1) is 7.62. The van der Waals surface area contributed by atoms with E-state index in [2.05, 4.69) is 43.9 Å². The fourth-order valence-corrected chi connectivity index (χ4v) is 2.55. The van der Waals surface area contributed by atoms with Crippen molar-refractivity contribution in [2.75, 3.05) is 11.4 Å². The van der Waals surface area contributed by atoms with Gasteiger partial charge in [-0.05, 0) is 24.6 Å². The molecule has 1 aromatic rings.